The Balaban J connectivity index is 2.71. The van der Waals surface area contributed by atoms with Crippen LogP contribution in [0.4, 0.5) is 0 Å². The van der Waals surface area contributed by atoms with E-state index in [0.717, 1.165) is 6.29 Å². The lowest BCUT2D eigenvalue weighted by Gasteiger charge is -2.10. The zero-order valence-corrected chi connectivity index (χ0v) is 8.06. The minimum atomic E-state index is -1.12. The normalized spacial score (nSPS) is 25.0. The van der Waals surface area contributed by atoms with E-state index >= 15 is 0 Å². The van der Waals surface area contributed by atoms with E-state index in [1.54, 1.807) is 0 Å². The molecule has 56 valence electrons. The van der Waals surface area contributed by atoms with Crippen LogP contribution in [0.25, 0.3) is 0 Å². The lowest BCUT2D eigenvalue weighted by molar-refractivity contribution is -0.108. The molecule has 1 rings (SSSR count). The minimum Gasteiger partial charge on any atom is -0.302 e. The SMILES string of the molecule is CC1=C([Si](C)(C)C)C1C=O. The van der Waals surface area contributed by atoms with E-state index < -0.39 is 8.07 Å². The molecule has 0 fully saturated rings. The van der Waals surface area contributed by atoms with Crippen LogP contribution in [0.2, 0.25) is 19.6 Å². The number of hydrogen-bond acceptors (Lipinski definition) is 1. The predicted octanol–water partition coefficient (Wildman–Crippen LogP) is 2.01. The molecule has 0 aromatic heterocycles. The second-order valence-electron chi connectivity index (χ2n) is 3.96. The van der Waals surface area contributed by atoms with Gasteiger partial charge in [0, 0.05) is 0 Å². The molecule has 1 unspecified atom stereocenters. The van der Waals surface area contributed by atoms with Gasteiger partial charge in [0.1, 0.15) is 6.29 Å². The number of rotatable bonds is 2. The van der Waals surface area contributed by atoms with Crippen molar-refractivity contribution in [1.29, 1.82) is 0 Å². The molecule has 0 saturated heterocycles. The highest BCUT2D eigenvalue weighted by Crippen LogP contribution is 2.43. The summed E-state index contributed by atoms with van der Waals surface area (Å²) in [4.78, 5) is 10.4. The molecule has 0 spiro atoms. The zero-order valence-electron chi connectivity index (χ0n) is 7.06. The molecule has 1 nitrogen and oxygen atoms in total. The van der Waals surface area contributed by atoms with Crippen molar-refractivity contribution in [2.75, 3.05) is 0 Å². The second-order valence-corrected chi connectivity index (χ2v) is 9.00. The largest absolute Gasteiger partial charge is 0.302 e. The maximum Gasteiger partial charge on any atom is 0.130 e. The van der Waals surface area contributed by atoms with Gasteiger partial charge in [0.05, 0.1) is 14.0 Å². The van der Waals surface area contributed by atoms with E-state index in [1.165, 1.54) is 10.8 Å². The Kier molecular flexibility index (Phi) is 1.59. The van der Waals surface area contributed by atoms with Crippen molar-refractivity contribution in [2.45, 2.75) is 26.6 Å². The fraction of sp³-hybridized carbons (Fsp3) is 0.625. The number of carbonyl (C=O) groups is 1. The molecular weight excluding hydrogens is 140 g/mol. The van der Waals surface area contributed by atoms with Gasteiger partial charge >= 0.3 is 0 Å². The van der Waals surface area contributed by atoms with Crippen molar-refractivity contribution in [2.24, 2.45) is 5.92 Å². The standard InChI is InChI=1S/C8H14OSi/c1-6-7(5-9)8(6)10(2,3)4/h5,7H,1-4H3. The first-order valence-corrected chi connectivity index (χ1v) is 7.15. The highest BCUT2D eigenvalue weighted by Gasteiger charge is 2.40. The first-order valence-electron chi connectivity index (χ1n) is 3.65. The first kappa shape index (κ1) is 7.73. The van der Waals surface area contributed by atoms with Crippen molar-refractivity contribution in [3.63, 3.8) is 0 Å². The summed E-state index contributed by atoms with van der Waals surface area (Å²) >= 11 is 0. The molecule has 0 radical (unpaired) electrons. The third-order valence-electron chi connectivity index (χ3n) is 2.06. The third kappa shape index (κ3) is 1.08. The van der Waals surface area contributed by atoms with Gasteiger partial charge in [-0.2, -0.15) is 0 Å². The molecule has 1 atom stereocenters. The monoisotopic (exact) mass is 154 g/mol. The summed E-state index contributed by atoms with van der Waals surface area (Å²) in [6.07, 6.45) is 1.07. The Hall–Kier alpha value is -0.373. The summed E-state index contributed by atoms with van der Waals surface area (Å²) in [5.41, 5.74) is 1.34. The lowest BCUT2D eigenvalue weighted by atomic mass is 10.3. The average molecular weight is 154 g/mol. The van der Waals surface area contributed by atoms with Gasteiger partial charge in [0.2, 0.25) is 0 Å². The van der Waals surface area contributed by atoms with Gasteiger partial charge in [-0.15, -0.1) is 0 Å². The highest BCUT2D eigenvalue weighted by atomic mass is 28.3. The summed E-state index contributed by atoms with van der Waals surface area (Å²) in [6.45, 7) is 8.94. The van der Waals surface area contributed by atoms with Crippen LogP contribution in [0.5, 0.6) is 0 Å². The second kappa shape index (κ2) is 2.05. The smallest absolute Gasteiger partial charge is 0.130 e. The zero-order chi connectivity index (χ0) is 7.94. The van der Waals surface area contributed by atoms with Gasteiger partial charge in [-0.1, -0.05) is 30.4 Å². The van der Waals surface area contributed by atoms with Gasteiger partial charge in [-0.05, 0) is 6.92 Å². The van der Waals surface area contributed by atoms with Gasteiger partial charge in [0.25, 0.3) is 0 Å². The molecule has 1 aliphatic carbocycles. The van der Waals surface area contributed by atoms with Crippen molar-refractivity contribution in [3.05, 3.63) is 10.8 Å². The van der Waals surface area contributed by atoms with Crippen LogP contribution in [-0.2, 0) is 4.79 Å². The quantitative estimate of drug-likeness (QED) is 0.439. The summed E-state index contributed by atoms with van der Waals surface area (Å²) < 4.78 is 0. The van der Waals surface area contributed by atoms with Crippen LogP contribution in [0.1, 0.15) is 6.92 Å². The Labute approximate surface area is 63.1 Å². The molecule has 0 aliphatic heterocycles. The molecule has 1 aliphatic rings. The first-order chi connectivity index (χ1) is 4.48. The van der Waals surface area contributed by atoms with Crippen LogP contribution in [0, 0.1) is 5.92 Å². The molecule has 0 aromatic rings. The topological polar surface area (TPSA) is 17.1 Å². The van der Waals surface area contributed by atoms with Crippen LogP contribution >= 0.6 is 0 Å². The molecule has 0 N–H and O–H groups in total. The summed E-state index contributed by atoms with van der Waals surface area (Å²) in [5.74, 6) is 0.242. The van der Waals surface area contributed by atoms with Crippen LogP contribution in [0.3, 0.4) is 0 Å². The minimum absolute atomic E-state index is 0.242. The van der Waals surface area contributed by atoms with Gasteiger partial charge in [0.15, 0.2) is 0 Å². The fourth-order valence-corrected chi connectivity index (χ4v) is 4.07. The number of carbonyl (C=O) groups excluding carboxylic acids is 1. The van der Waals surface area contributed by atoms with E-state index in [-0.39, 0.29) is 5.92 Å². The van der Waals surface area contributed by atoms with E-state index in [1.807, 2.05) is 0 Å². The Morgan fingerprint density at radius 1 is 1.40 bits per heavy atom. The van der Waals surface area contributed by atoms with Crippen LogP contribution in [0.15, 0.2) is 10.8 Å². The molecule has 10 heavy (non-hydrogen) atoms. The molecule has 0 aromatic carbocycles. The van der Waals surface area contributed by atoms with Gasteiger partial charge in [-0.25, -0.2) is 0 Å². The summed E-state index contributed by atoms with van der Waals surface area (Å²) in [5, 5.41) is 1.47. The van der Waals surface area contributed by atoms with Crippen LogP contribution in [-0.4, -0.2) is 14.4 Å². The van der Waals surface area contributed by atoms with Crippen molar-refractivity contribution in [3.8, 4) is 0 Å². The van der Waals surface area contributed by atoms with E-state index in [0.29, 0.717) is 0 Å². The number of hydrogen-bond donors (Lipinski definition) is 0. The fourth-order valence-electron chi connectivity index (χ4n) is 1.58. The molecule has 0 bridgehead atoms. The van der Waals surface area contributed by atoms with Gasteiger partial charge < -0.3 is 4.79 Å². The Bertz CT molecular complexity index is 198. The Morgan fingerprint density at radius 2 is 1.90 bits per heavy atom. The molecule has 0 heterocycles. The van der Waals surface area contributed by atoms with Crippen LogP contribution < -0.4 is 0 Å². The van der Waals surface area contributed by atoms with Gasteiger partial charge in [-0.3, -0.25) is 0 Å². The number of allylic oxidation sites excluding steroid dienone is 2. The predicted molar refractivity (Wildman–Crippen MR) is 45.6 cm³/mol. The third-order valence-corrected chi connectivity index (χ3v) is 4.38. The number of aldehydes is 1. The van der Waals surface area contributed by atoms with E-state index in [9.17, 15) is 4.79 Å². The maximum atomic E-state index is 10.4. The summed E-state index contributed by atoms with van der Waals surface area (Å²) in [7, 11) is -1.12. The van der Waals surface area contributed by atoms with Crippen molar-refractivity contribution >= 4 is 14.4 Å². The maximum absolute atomic E-state index is 10.4. The molecule has 2 heteroatoms. The average Bonchev–Trinajstić information content (AvgIpc) is 2.39. The lowest BCUT2D eigenvalue weighted by Crippen LogP contribution is -2.20. The molecule has 0 amide bonds. The van der Waals surface area contributed by atoms with E-state index in [4.69, 9.17) is 0 Å². The van der Waals surface area contributed by atoms with Crippen molar-refractivity contribution < 1.29 is 4.79 Å². The van der Waals surface area contributed by atoms with Crippen molar-refractivity contribution in [1.82, 2.24) is 0 Å². The Morgan fingerprint density at radius 3 is 2.00 bits per heavy atom. The molecule has 0 saturated carbocycles. The highest BCUT2D eigenvalue weighted by molar-refractivity contribution is 6.84. The van der Waals surface area contributed by atoms with E-state index in [2.05, 4.69) is 26.6 Å². The molecular formula is C8H14OSi. The summed E-state index contributed by atoms with van der Waals surface area (Å²) in [6, 6.07) is 0.